The summed E-state index contributed by atoms with van der Waals surface area (Å²) < 4.78 is 5.40. The van der Waals surface area contributed by atoms with E-state index in [9.17, 15) is 0 Å². The molecule has 0 radical (unpaired) electrons. The van der Waals surface area contributed by atoms with Gasteiger partial charge < -0.3 is 21.1 Å². The van der Waals surface area contributed by atoms with Gasteiger partial charge >= 0.3 is 0 Å². The maximum atomic E-state index is 5.87. The van der Waals surface area contributed by atoms with Crippen molar-refractivity contribution in [3.8, 4) is 11.4 Å². The predicted octanol–water partition coefficient (Wildman–Crippen LogP) is 3.08. The van der Waals surface area contributed by atoms with Crippen LogP contribution in [0.15, 0.2) is 54.7 Å². The van der Waals surface area contributed by atoms with Crippen LogP contribution >= 0.6 is 12.4 Å². The van der Waals surface area contributed by atoms with Crippen LogP contribution in [0.25, 0.3) is 22.4 Å². The highest BCUT2D eigenvalue weighted by Crippen LogP contribution is 2.27. The second-order valence-electron chi connectivity index (χ2n) is 8.50. The number of pyridine rings is 1. The summed E-state index contributed by atoms with van der Waals surface area (Å²) in [5, 5.41) is 15.1. The molecular formula is C25H32ClN9O. The third kappa shape index (κ3) is 6.27. The molecule has 0 spiro atoms. The lowest BCUT2D eigenvalue weighted by atomic mass is 10.0. The van der Waals surface area contributed by atoms with Crippen molar-refractivity contribution >= 4 is 35.2 Å². The lowest BCUT2D eigenvalue weighted by Crippen LogP contribution is -2.39. The van der Waals surface area contributed by atoms with Crippen LogP contribution in [0.3, 0.4) is 0 Å². The Labute approximate surface area is 216 Å². The summed E-state index contributed by atoms with van der Waals surface area (Å²) in [5.74, 6) is 1.34. The average molecular weight is 510 g/mol. The Morgan fingerprint density at radius 2 is 1.89 bits per heavy atom. The van der Waals surface area contributed by atoms with Gasteiger partial charge in [-0.3, -0.25) is 10.00 Å². The number of aromatic nitrogens is 5. The first kappa shape index (κ1) is 25.8. The summed E-state index contributed by atoms with van der Waals surface area (Å²) in [6.07, 6.45) is 2.60. The summed E-state index contributed by atoms with van der Waals surface area (Å²) in [7, 11) is 0. The Hall–Kier alpha value is -3.31. The molecule has 36 heavy (non-hydrogen) atoms. The van der Waals surface area contributed by atoms with E-state index in [0.717, 1.165) is 68.4 Å². The number of anilines is 2. The van der Waals surface area contributed by atoms with Crippen LogP contribution in [0, 0.1) is 0 Å². The number of rotatable bonds is 10. The molecule has 1 atom stereocenters. The van der Waals surface area contributed by atoms with Gasteiger partial charge in [-0.1, -0.05) is 36.4 Å². The Morgan fingerprint density at radius 3 is 2.69 bits per heavy atom. The second kappa shape index (κ2) is 12.6. The van der Waals surface area contributed by atoms with E-state index < -0.39 is 0 Å². The summed E-state index contributed by atoms with van der Waals surface area (Å²) in [5.41, 5.74) is 9.22. The SMILES string of the molecule is Cl.NCCC(Nc1cccc(-c2[nH]nc3nc(NCCN4CCOCC4)ncc23)n1)c1ccccc1. The molecule has 10 nitrogen and oxygen atoms in total. The summed E-state index contributed by atoms with van der Waals surface area (Å²) in [6.45, 7) is 5.79. The molecule has 0 amide bonds. The first-order chi connectivity index (χ1) is 17.3. The van der Waals surface area contributed by atoms with Gasteiger partial charge in [0.15, 0.2) is 5.65 Å². The third-order valence-corrected chi connectivity index (χ3v) is 6.11. The third-order valence-electron chi connectivity index (χ3n) is 6.11. The molecule has 4 aromatic rings. The van der Waals surface area contributed by atoms with E-state index in [1.54, 1.807) is 6.20 Å². The molecule has 1 fully saturated rings. The zero-order valence-corrected chi connectivity index (χ0v) is 20.9. The molecule has 1 unspecified atom stereocenters. The van der Waals surface area contributed by atoms with Crippen LogP contribution < -0.4 is 16.4 Å². The van der Waals surface area contributed by atoms with Gasteiger partial charge in [0.25, 0.3) is 0 Å². The minimum Gasteiger partial charge on any atom is -0.379 e. The molecule has 11 heteroatoms. The van der Waals surface area contributed by atoms with E-state index >= 15 is 0 Å². The molecule has 0 saturated carbocycles. The molecular weight excluding hydrogens is 478 g/mol. The highest BCUT2D eigenvalue weighted by Gasteiger charge is 2.15. The van der Waals surface area contributed by atoms with E-state index in [1.807, 2.05) is 36.4 Å². The molecule has 1 saturated heterocycles. The highest BCUT2D eigenvalue weighted by atomic mass is 35.5. The molecule has 1 aromatic carbocycles. The van der Waals surface area contributed by atoms with Gasteiger partial charge in [-0.05, 0) is 30.7 Å². The number of hydrogen-bond acceptors (Lipinski definition) is 9. The number of ether oxygens (including phenoxy) is 1. The van der Waals surface area contributed by atoms with Crippen molar-refractivity contribution in [3.63, 3.8) is 0 Å². The molecule has 190 valence electrons. The zero-order chi connectivity index (χ0) is 23.9. The minimum absolute atomic E-state index is 0. The van der Waals surface area contributed by atoms with Gasteiger partial charge in [0, 0.05) is 32.4 Å². The fourth-order valence-electron chi connectivity index (χ4n) is 4.24. The topological polar surface area (TPSA) is 130 Å². The number of hydrogen-bond donors (Lipinski definition) is 4. The lowest BCUT2D eigenvalue weighted by molar-refractivity contribution is 0.0398. The number of H-pyrrole nitrogens is 1. The summed E-state index contributed by atoms with van der Waals surface area (Å²) >= 11 is 0. The number of nitrogens with zero attached hydrogens (tertiary/aromatic N) is 5. The van der Waals surface area contributed by atoms with Crippen LogP contribution in [0.1, 0.15) is 18.0 Å². The molecule has 5 rings (SSSR count). The average Bonchev–Trinajstić information content (AvgIpc) is 3.33. The highest BCUT2D eigenvalue weighted by molar-refractivity contribution is 5.89. The largest absolute Gasteiger partial charge is 0.379 e. The molecule has 1 aliphatic rings. The van der Waals surface area contributed by atoms with Crippen molar-refractivity contribution in [2.24, 2.45) is 5.73 Å². The first-order valence-corrected chi connectivity index (χ1v) is 12.0. The first-order valence-electron chi connectivity index (χ1n) is 12.0. The van der Waals surface area contributed by atoms with E-state index in [-0.39, 0.29) is 18.4 Å². The maximum absolute atomic E-state index is 5.87. The quantitative estimate of drug-likeness (QED) is 0.255. The summed E-state index contributed by atoms with van der Waals surface area (Å²) in [4.78, 5) is 16.3. The van der Waals surface area contributed by atoms with Gasteiger partial charge in [0.1, 0.15) is 5.82 Å². The van der Waals surface area contributed by atoms with Crippen molar-refractivity contribution in [2.45, 2.75) is 12.5 Å². The molecule has 1 aliphatic heterocycles. The van der Waals surface area contributed by atoms with Crippen LogP contribution in [0.5, 0.6) is 0 Å². The monoisotopic (exact) mass is 509 g/mol. The lowest BCUT2D eigenvalue weighted by Gasteiger charge is -2.26. The fourth-order valence-corrected chi connectivity index (χ4v) is 4.24. The van der Waals surface area contributed by atoms with Crippen molar-refractivity contribution in [2.75, 3.05) is 56.6 Å². The normalized spacial score (nSPS) is 14.8. The molecule has 0 aliphatic carbocycles. The number of nitrogens with one attached hydrogen (secondary N) is 3. The van der Waals surface area contributed by atoms with Crippen molar-refractivity contribution < 1.29 is 4.74 Å². The zero-order valence-electron chi connectivity index (χ0n) is 20.1. The van der Waals surface area contributed by atoms with Crippen LogP contribution in [0.2, 0.25) is 0 Å². The minimum atomic E-state index is 0. The number of halogens is 1. The van der Waals surface area contributed by atoms with E-state index in [4.69, 9.17) is 15.5 Å². The number of morpholine rings is 1. The Morgan fingerprint density at radius 1 is 1.06 bits per heavy atom. The standard InChI is InChI=1S/C25H31N9O.ClH/c26-10-9-20(18-5-2-1-3-6-18)29-22-8-4-7-21(30-22)23-19-17-28-25(31-24(19)33-32-23)27-11-12-34-13-15-35-16-14-34;/h1-8,17,20H,9-16,26H2,(H,29,30)(H2,27,28,31,32,33);1H. The number of nitrogens with two attached hydrogens (primary N) is 1. The van der Waals surface area contributed by atoms with E-state index in [2.05, 4.69) is 47.8 Å². The molecule has 0 bridgehead atoms. The maximum Gasteiger partial charge on any atom is 0.224 e. The van der Waals surface area contributed by atoms with Gasteiger partial charge in [-0.25, -0.2) is 9.97 Å². The van der Waals surface area contributed by atoms with Crippen molar-refractivity contribution in [1.29, 1.82) is 0 Å². The number of aromatic amines is 1. The Kier molecular flexibility index (Phi) is 9.01. The van der Waals surface area contributed by atoms with Crippen LogP contribution in [-0.2, 0) is 4.74 Å². The van der Waals surface area contributed by atoms with Gasteiger partial charge in [-0.15, -0.1) is 12.4 Å². The molecule has 3 aromatic heterocycles. The number of benzene rings is 1. The van der Waals surface area contributed by atoms with Crippen LogP contribution in [0.4, 0.5) is 11.8 Å². The van der Waals surface area contributed by atoms with Crippen molar-refractivity contribution in [3.05, 3.63) is 60.3 Å². The van der Waals surface area contributed by atoms with E-state index in [0.29, 0.717) is 18.1 Å². The molecule has 5 N–H and O–H groups in total. The summed E-state index contributed by atoms with van der Waals surface area (Å²) in [6, 6.07) is 16.3. The van der Waals surface area contributed by atoms with Crippen molar-refractivity contribution in [1.82, 2.24) is 30.0 Å². The molecule has 4 heterocycles. The second-order valence-corrected chi connectivity index (χ2v) is 8.50. The number of fused-ring (bicyclic) bond motifs is 1. The van der Waals surface area contributed by atoms with Gasteiger partial charge in [0.2, 0.25) is 5.95 Å². The van der Waals surface area contributed by atoms with Gasteiger partial charge in [-0.2, -0.15) is 10.1 Å². The Balaban J connectivity index is 0.00000304. The predicted molar refractivity (Wildman–Crippen MR) is 144 cm³/mol. The Bertz CT molecular complexity index is 1230. The van der Waals surface area contributed by atoms with Crippen LogP contribution in [-0.4, -0.2) is 76.0 Å². The van der Waals surface area contributed by atoms with E-state index in [1.165, 1.54) is 5.56 Å². The fraction of sp³-hybridized carbons (Fsp3) is 0.360. The smallest absolute Gasteiger partial charge is 0.224 e. The van der Waals surface area contributed by atoms with Gasteiger partial charge in [0.05, 0.1) is 36.0 Å².